The minimum absolute atomic E-state index is 0.00616. The van der Waals surface area contributed by atoms with Crippen molar-refractivity contribution in [2.24, 2.45) is 4.99 Å². The van der Waals surface area contributed by atoms with Crippen LogP contribution in [0.5, 0.6) is 5.75 Å². The van der Waals surface area contributed by atoms with Crippen LogP contribution in [0.1, 0.15) is 4.88 Å². The van der Waals surface area contributed by atoms with Crippen LogP contribution in [0.4, 0.5) is 0 Å². The largest absolute Gasteiger partial charge is 0.508 e. The molecule has 3 N–H and O–H groups in total. The molecule has 2 aromatic heterocycles. The maximum Gasteiger partial charge on any atom is 0.259 e. The van der Waals surface area contributed by atoms with Gasteiger partial charge in [0.2, 0.25) is 5.90 Å². The monoisotopic (exact) mass is 419 g/mol. The first-order valence-corrected chi connectivity index (χ1v) is 9.75. The van der Waals surface area contributed by atoms with Crippen LogP contribution in [-0.4, -0.2) is 32.7 Å². The maximum absolute atomic E-state index is 12.4. The fraction of sp³-hybridized carbons (Fsp3) is 0.0455. The average Bonchev–Trinajstić information content (AvgIpc) is 3.21. The molecule has 150 valence electrons. The average molecular weight is 419 g/mol. The lowest BCUT2D eigenvalue weighted by Crippen LogP contribution is -2.13. The molecular formula is C22H17N3O4S. The number of nitrogens with one attached hydrogen (secondary N) is 1. The van der Waals surface area contributed by atoms with E-state index in [1.165, 1.54) is 23.5 Å². The Morgan fingerprint density at radius 3 is 2.80 bits per heavy atom. The van der Waals surface area contributed by atoms with Gasteiger partial charge < -0.3 is 19.9 Å². The summed E-state index contributed by atoms with van der Waals surface area (Å²) in [6, 6.07) is 8.09. The molecule has 7 nitrogen and oxygen atoms in total. The summed E-state index contributed by atoms with van der Waals surface area (Å²) in [7, 11) is 0. The third kappa shape index (κ3) is 3.61. The number of benzene rings is 1. The standard InChI is InChI=1S/C22H17N3O4S/c1-3-4-16-14(9-10-26)12(2)29-22(24-16)19-8-7-18(30-19)20-23-17-6-5-13(27)11-15(17)21(28)25-20/h3-9,11,26-27H,1-2,10H2,(H,23,25,28)/b14-9-,16-4+. The number of fused-ring (bicyclic) bond motifs is 1. The molecular weight excluding hydrogens is 402 g/mol. The van der Waals surface area contributed by atoms with Gasteiger partial charge in [-0.2, -0.15) is 0 Å². The summed E-state index contributed by atoms with van der Waals surface area (Å²) in [5.74, 6) is 1.14. The van der Waals surface area contributed by atoms with E-state index in [0.29, 0.717) is 39.7 Å². The number of phenolic OH excluding ortho intramolecular Hbond substituents is 1. The van der Waals surface area contributed by atoms with Gasteiger partial charge in [-0.25, -0.2) is 9.98 Å². The first-order chi connectivity index (χ1) is 14.5. The highest BCUT2D eigenvalue weighted by molar-refractivity contribution is 7.17. The molecule has 0 saturated carbocycles. The second kappa shape index (κ2) is 7.94. The van der Waals surface area contributed by atoms with Crippen molar-refractivity contribution in [3.05, 3.63) is 94.0 Å². The molecule has 0 atom stereocenters. The Balaban J connectivity index is 1.74. The van der Waals surface area contributed by atoms with E-state index in [9.17, 15) is 15.0 Å². The zero-order valence-electron chi connectivity index (χ0n) is 15.8. The lowest BCUT2D eigenvalue weighted by Gasteiger charge is -2.19. The minimum atomic E-state index is -0.338. The summed E-state index contributed by atoms with van der Waals surface area (Å²) in [5, 5.41) is 19.1. The highest BCUT2D eigenvalue weighted by Crippen LogP contribution is 2.32. The Hall–Kier alpha value is -3.75. The number of nitrogens with zero attached hydrogens (tertiary/aromatic N) is 2. The van der Waals surface area contributed by atoms with E-state index in [-0.39, 0.29) is 17.9 Å². The molecule has 1 aromatic carbocycles. The van der Waals surface area contributed by atoms with Crippen molar-refractivity contribution in [3.63, 3.8) is 0 Å². The number of aliphatic hydroxyl groups is 1. The zero-order chi connectivity index (χ0) is 21.3. The summed E-state index contributed by atoms with van der Waals surface area (Å²) < 4.78 is 5.76. The molecule has 0 amide bonds. The maximum atomic E-state index is 12.4. The van der Waals surface area contributed by atoms with E-state index in [2.05, 4.69) is 28.1 Å². The van der Waals surface area contributed by atoms with Crippen LogP contribution >= 0.6 is 11.3 Å². The van der Waals surface area contributed by atoms with Gasteiger partial charge in [-0.05, 0) is 42.5 Å². The molecule has 0 radical (unpaired) electrons. The van der Waals surface area contributed by atoms with Gasteiger partial charge in [-0.3, -0.25) is 4.79 Å². The van der Waals surface area contributed by atoms with Gasteiger partial charge in [0.1, 0.15) is 11.5 Å². The second-order valence-electron chi connectivity index (χ2n) is 6.31. The smallest absolute Gasteiger partial charge is 0.259 e. The van der Waals surface area contributed by atoms with Crippen LogP contribution in [0.15, 0.2) is 88.5 Å². The summed E-state index contributed by atoms with van der Waals surface area (Å²) in [5.41, 5.74) is 1.32. The molecule has 30 heavy (non-hydrogen) atoms. The quantitative estimate of drug-likeness (QED) is 0.598. The summed E-state index contributed by atoms with van der Waals surface area (Å²) in [4.78, 5) is 25.6. The summed E-state index contributed by atoms with van der Waals surface area (Å²) >= 11 is 1.35. The fourth-order valence-electron chi connectivity index (χ4n) is 2.98. The molecule has 8 heteroatoms. The molecule has 0 aliphatic carbocycles. The lowest BCUT2D eigenvalue weighted by atomic mass is 10.1. The Bertz CT molecular complexity index is 1330. The van der Waals surface area contributed by atoms with E-state index >= 15 is 0 Å². The first-order valence-electron chi connectivity index (χ1n) is 8.93. The van der Waals surface area contributed by atoms with Gasteiger partial charge in [0.15, 0.2) is 5.82 Å². The van der Waals surface area contributed by atoms with Crippen molar-refractivity contribution in [2.45, 2.75) is 0 Å². The van der Waals surface area contributed by atoms with Gasteiger partial charge >= 0.3 is 0 Å². The summed E-state index contributed by atoms with van der Waals surface area (Å²) in [6.07, 6.45) is 4.88. The van der Waals surface area contributed by atoms with Crippen LogP contribution in [0.25, 0.3) is 21.6 Å². The van der Waals surface area contributed by atoms with E-state index in [1.54, 1.807) is 24.3 Å². The van der Waals surface area contributed by atoms with E-state index < -0.39 is 0 Å². The van der Waals surface area contributed by atoms with Crippen LogP contribution in [0.3, 0.4) is 0 Å². The Kier molecular flexibility index (Phi) is 5.18. The molecule has 4 rings (SSSR count). The number of thiophene rings is 1. The number of aliphatic hydroxyl groups excluding tert-OH is 1. The predicted molar refractivity (Wildman–Crippen MR) is 118 cm³/mol. The Morgan fingerprint density at radius 1 is 1.23 bits per heavy atom. The SMILES string of the molecule is C=C/C=C1/N=C(c2ccc(-c3nc4ccc(O)cc4c(=O)[nH]3)s2)OC(=C)/C1=C/CO. The third-order valence-corrected chi connectivity index (χ3v) is 5.41. The van der Waals surface area contributed by atoms with Gasteiger partial charge in [0, 0.05) is 5.57 Å². The number of phenols is 1. The highest BCUT2D eigenvalue weighted by atomic mass is 32.1. The van der Waals surface area contributed by atoms with E-state index in [0.717, 1.165) is 9.75 Å². The van der Waals surface area contributed by atoms with Crippen LogP contribution < -0.4 is 5.56 Å². The van der Waals surface area contributed by atoms with Crippen molar-refractivity contribution in [3.8, 4) is 16.5 Å². The minimum Gasteiger partial charge on any atom is -0.508 e. The van der Waals surface area contributed by atoms with Crippen molar-refractivity contribution in [1.29, 1.82) is 0 Å². The van der Waals surface area contributed by atoms with Crippen molar-refractivity contribution in [1.82, 2.24) is 9.97 Å². The number of aromatic nitrogens is 2. The molecule has 0 unspecified atom stereocenters. The van der Waals surface area contributed by atoms with Gasteiger partial charge in [0.05, 0.1) is 33.0 Å². The molecule has 0 saturated heterocycles. The molecule has 3 heterocycles. The number of aliphatic imine (C=N–C) groups is 1. The molecule has 0 spiro atoms. The topological polar surface area (TPSA) is 108 Å². The van der Waals surface area contributed by atoms with Gasteiger partial charge in [-0.1, -0.05) is 19.2 Å². The number of aromatic hydroxyl groups is 1. The van der Waals surface area contributed by atoms with Gasteiger partial charge in [-0.15, -0.1) is 11.3 Å². The predicted octanol–water partition coefficient (Wildman–Crippen LogP) is 3.64. The molecule has 1 aliphatic heterocycles. The number of allylic oxidation sites excluding steroid dienone is 2. The number of ether oxygens (including phenoxy) is 1. The zero-order valence-corrected chi connectivity index (χ0v) is 16.6. The number of H-pyrrole nitrogens is 1. The highest BCUT2D eigenvalue weighted by Gasteiger charge is 2.22. The lowest BCUT2D eigenvalue weighted by molar-refractivity contribution is 0.340. The van der Waals surface area contributed by atoms with Crippen LogP contribution in [0.2, 0.25) is 0 Å². The number of hydrogen-bond acceptors (Lipinski definition) is 7. The molecule has 3 aromatic rings. The molecule has 0 bridgehead atoms. The second-order valence-corrected chi connectivity index (χ2v) is 7.39. The molecule has 1 aliphatic rings. The first kappa shape index (κ1) is 19.6. The Morgan fingerprint density at radius 2 is 2.03 bits per heavy atom. The normalized spacial score (nSPS) is 16.7. The number of aromatic amines is 1. The van der Waals surface area contributed by atoms with E-state index in [1.807, 2.05) is 12.1 Å². The van der Waals surface area contributed by atoms with Crippen molar-refractivity contribution >= 4 is 28.1 Å². The summed E-state index contributed by atoms with van der Waals surface area (Å²) in [6.45, 7) is 7.43. The van der Waals surface area contributed by atoms with E-state index in [4.69, 9.17) is 4.74 Å². The molecule has 0 fully saturated rings. The number of hydrogen-bond donors (Lipinski definition) is 3. The van der Waals surface area contributed by atoms with Gasteiger partial charge in [0.25, 0.3) is 5.56 Å². The van der Waals surface area contributed by atoms with Crippen molar-refractivity contribution < 1.29 is 14.9 Å². The number of rotatable bonds is 4. The van der Waals surface area contributed by atoms with Crippen molar-refractivity contribution in [2.75, 3.05) is 6.61 Å². The Labute approximate surface area is 175 Å². The fourth-order valence-corrected chi connectivity index (χ4v) is 3.86. The third-order valence-electron chi connectivity index (χ3n) is 4.33. The van der Waals surface area contributed by atoms with Crippen LogP contribution in [0, 0.1) is 0 Å². The van der Waals surface area contributed by atoms with Crippen LogP contribution in [-0.2, 0) is 4.74 Å².